The molecule has 0 spiro atoms. The quantitative estimate of drug-likeness (QED) is 0.555. The summed E-state index contributed by atoms with van der Waals surface area (Å²) >= 11 is 5.94. The molecule has 0 bridgehead atoms. The molecule has 0 aromatic heterocycles. The summed E-state index contributed by atoms with van der Waals surface area (Å²) in [4.78, 5) is 24.5. The molecule has 0 saturated carbocycles. The smallest absolute Gasteiger partial charge is 0.339 e. The lowest BCUT2D eigenvalue weighted by Gasteiger charge is -2.15. The number of hydrogen-bond acceptors (Lipinski definition) is 4. The summed E-state index contributed by atoms with van der Waals surface area (Å²) in [6, 6.07) is 10.8. The fraction of sp³-hybridized carbons (Fsp3) is 0.200. The number of carbonyl (C=O) groups excluding carboxylic acids is 2. The van der Waals surface area contributed by atoms with Crippen LogP contribution in [0.1, 0.15) is 32.7 Å². The minimum Gasteiger partial charge on any atom is -0.465 e. The van der Waals surface area contributed by atoms with Gasteiger partial charge in [-0.15, -0.1) is 6.58 Å². The topological polar surface area (TPSA) is 52.6 Å². The van der Waals surface area contributed by atoms with Gasteiger partial charge in [-0.25, -0.2) is 9.59 Å². The zero-order valence-corrected chi connectivity index (χ0v) is 14.9. The Hall–Kier alpha value is -2.59. The van der Waals surface area contributed by atoms with Crippen LogP contribution in [-0.4, -0.2) is 26.2 Å². The molecule has 130 valence electrons. The highest BCUT2D eigenvalue weighted by atomic mass is 35.5. The predicted molar refractivity (Wildman–Crippen MR) is 98.1 cm³/mol. The number of hydrogen-bond donors (Lipinski definition) is 0. The molecule has 0 fully saturated rings. The fourth-order valence-corrected chi connectivity index (χ4v) is 2.71. The molecule has 2 rings (SSSR count). The van der Waals surface area contributed by atoms with E-state index in [0.29, 0.717) is 23.4 Å². The van der Waals surface area contributed by atoms with E-state index in [1.54, 1.807) is 24.3 Å². The number of halogens is 1. The van der Waals surface area contributed by atoms with Gasteiger partial charge in [0.2, 0.25) is 0 Å². The van der Waals surface area contributed by atoms with E-state index >= 15 is 0 Å². The molecule has 0 saturated heterocycles. The van der Waals surface area contributed by atoms with Crippen molar-refractivity contribution in [2.75, 3.05) is 14.2 Å². The van der Waals surface area contributed by atoms with E-state index < -0.39 is 11.9 Å². The van der Waals surface area contributed by atoms with Crippen molar-refractivity contribution in [1.29, 1.82) is 0 Å². The Morgan fingerprint density at radius 3 is 2.24 bits per heavy atom. The maximum absolute atomic E-state index is 12.3. The first-order valence-electron chi connectivity index (χ1n) is 7.72. The second-order valence-electron chi connectivity index (χ2n) is 5.38. The molecule has 0 aliphatic heterocycles. The Morgan fingerprint density at radius 1 is 1.04 bits per heavy atom. The van der Waals surface area contributed by atoms with Crippen LogP contribution in [0.3, 0.4) is 0 Å². The monoisotopic (exact) mass is 358 g/mol. The van der Waals surface area contributed by atoms with Crippen LogP contribution in [0.15, 0.2) is 49.1 Å². The summed E-state index contributed by atoms with van der Waals surface area (Å²) in [6.07, 6.45) is 2.97. The Morgan fingerprint density at radius 2 is 1.68 bits per heavy atom. The second kappa shape index (κ2) is 8.49. The van der Waals surface area contributed by atoms with E-state index in [4.69, 9.17) is 21.1 Å². The number of benzene rings is 2. The third-order valence-electron chi connectivity index (χ3n) is 3.81. The van der Waals surface area contributed by atoms with Gasteiger partial charge in [0.25, 0.3) is 0 Å². The van der Waals surface area contributed by atoms with Gasteiger partial charge in [-0.2, -0.15) is 0 Å². The van der Waals surface area contributed by atoms with Gasteiger partial charge in [0.1, 0.15) is 0 Å². The minimum absolute atomic E-state index is 0.181. The molecule has 0 aliphatic carbocycles. The molecule has 25 heavy (non-hydrogen) atoms. The first-order chi connectivity index (χ1) is 12.0. The summed E-state index contributed by atoms with van der Waals surface area (Å²) in [6.45, 7) is 3.71. The van der Waals surface area contributed by atoms with Gasteiger partial charge in [0.15, 0.2) is 0 Å². The van der Waals surface area contributed by atoms with Gasteiger partial charge in [-0.05, 0) is 47.7 Å². The number of aryl methyl sites for hydroxylation is 1. The lowest BCUT2D eigenvalue weighted by Crippen LogP contribution is -2.15. The van der Waals surface area contributed by atoms with Crippen LogP contribution in [0.2, 0.25) is 5.02 Å². The number of allylic oxidation sites excluding steroid dienone is 1. The third kappa shape index (κ3) is 4.28. The van der Waals surface area contributed by atoms with Crippen molar-refractivity contribution in [1.82, 2.24) is 0 Å². The molecule has 0 N–H and O–H groups in total. The number of carbonyl (C=O) groups is 2. The van der Waals surface area contributed by atoms with E-state index in [2.05, 4.69) is 6.58 Å². The number of rotatable bonds is 6. The van der Waals surface area contributed by atoms with Gasteiger partial charge in [0.05, 0.1) is 25.3 Å². The standard InChI is InChI=1S/C20H19ClO4/c1-4-5-6-14-11-15(13-7-9-16(21)10-8-13)12-17(19(22)24-2)18(14)20(23)25-3/h4,7-12H,1,5-6H2,2-3H3. The Balaban J connectivity index is 2.70. The van der Waals surface area contributed by atoms with Crippen LogP contribution >= 0.6 is 11.6 Å². The summed E-state index contributed by atoms with van der Waals surface area (Å²) in [7, 11) is 2.57. The second-order valence-corrected chi connectivity index (χ2v) is 5.81. The molecule has 0 unspecified atom stereocenters. The third-order valence-corrected chi connectivity index (χ3v) is 4.06. The summed E-state index contributed by atoms with van der Waals surface area (Å²) < 4.78 is 9.72. The van der Waals surface area contributed by atoms with Crippen molar-refractivity contribution in [3.8, 4) is 11.1 Å². The fourth-order valence-electron chi connectivity index (χ4n) is 2.58. The lowest BCUT2D eigenvalue weighted by atomic mass is 9.92. The first-order valence-corrected chi connectivity index (χ1v) is 8.10. The lowest BCUT2D eigenvalue weighted by molar-refractivity contribution is 0.0554. The summed E-state index contributed by atoms with van der Waals surface area (Å²) in [5, 5.41) is 0.620. The van der Waals surface area contributed by atoms with Crippen LogP contribution in [0.25, 0.3) is 11.1 Å². The molecule has 0 radical (unpaired) electrons. The summed E-state index contributed by atoms with van der Waals surface area (Å²) in [5.41, 5.74) is 2.80. The number of methoxy groups -OCH3 is 2. The molecule has 2 aromatic carbocycles. The number of ether oxygens (including phenoxy) is 2. The molecule has 0 amide bonds. The largest absolute Gasteiger partial charge is 0.465 e. The normalized spacial score (nSPS) is 10.2. The molecular formula is C20H19ClO4. The van der Waals surface area contributed by atoms with Crippen LogP contribution in [-0.2, 0) is 15.9 Å². The van der Waals surface area contributed by atoms with Gasteiger partial charge < -0.3 is 9.47 Å². The van der Waals surface area contributed by atoms with Crippen molar-refractivity contribution in [2.45, 2.75) is 12.8 Å². The van der Waals surface area contributed by atoms with Crippen molar-refractivity contribution in [3.63, 3.8) is 0 Å². The number of esters is 2. The van der Waals surface area contributed by atoms with Crippen LogP contribution in [0.4, 0.5) is 0 Å². The average molecular weight is 359 g/mol. The molecule has 2 aromatic rings. The van der Waals surface area contributed by atoms with E-state index in [1.807, 2.05) is 18.2 Å². The Labute approximate surface area is 152 Å². The van der Waals surface area contributed by atoms with Gasteiger partial charge in [0, 0.05) is 5.02 Å². The van der Waals surface area contributed by atoms with E-state index in [-0.39, 0.29) is 11.1 Å². The van der Waals surface area contributed by atoms with Crippen molar-refractivity contribution in [2.24, 2.45) is 0 Å². The Bertz CT molecular complexity index is 794. The highest BCUT2D eigenvalue weighted by molar-refractivity contribution is 6.30. The predicted octanol–water partition coefficient (Wildman–Crippen LogP) is 4.70. The van der Waals surface area contributed by atoms with Gasteiger partial charge in [-0.3, -0.25) is 0 Å². The maximum atomic E-state index is 12.3. The zero-order chi connectivity index (χ0) is 18.4. The minimum atomic E-state index is -0.587. The highest BCUT2D eigenvalue weighted by Crippen LogP contribution is 2.29. The molecule has 4 nitrogen and oxygen atoms in total. The molecular weight excluding hydrogens is 340 g/mol. The van der Waals surface area contributed by atoms with Gasteiger partial charge >= 0.3 is 11.9 Å². The summed E-state index contributed by atoms with van der Waals surface area (Å²) in [5.74, 6) is -1.15. The Kier molecular flexibility index (Phi) is 6.37. The van der Waals surface area contributed by atoms with Crippen LogP contribution in [0, 0.1) is 0 Å². The van der Waals surface area contributed by atoms with Crippen LogP contribution < -0.4 is 0 Å². The zero-order valence-electron chi connectivity index (χ0n) is 14.2. The van der Waals surface area contributed by atoms with Gasteiger partial charge in [-0.1, -0.05) is 35.9 Å². The van der Waals surface area contributed by atoms with Crippen molar-refractivity contribution >= 4 is 23.5 Å². The first kappa shape index (κ1) is 18.7. The molecule has 5 heteroatoms. The van der Waals surface area contributed by atoms with E-state index in [9.17, 15) is 9.59 Å². The highest BCUT2D eigenvalue weighted by Gasteiger charge is 2.23. The average Bonchev–Trinajstić information content (AvgIpc) is 2.64. The van der Waals surface area contributed by atoms with E-state index in [1.165, 1.54) is 14.2 Å². The SMILES string of the molecule is C=CCCc1cc(-c2ccc(Cl)cc2)cc(C(=O)OC)c1C(=O)OC. The van der Waals surface area contributed by atoms with Crippen LogP contribution in [0.5, 0.6) is 0 Å². The van der Waals surface area contributed by atoms with Crippen molar-refractivity contribution < 1.29 is 19.1 Å². The molecule has 0 heterocycles. The van der Waals surface area contributed by atoms with E-state index in [0.717, 1.165) is 11.1 Å². The molecule has 0 atom stereocenters. The van der Waals surface area contributed by atoms with Crippen molar-refractivity contribution in [3.05, 3.63) is 70.8 Å². The maximum Gasteiger partial charge on any atom is 0.339 e. The molecule has 0 aliphatic rings.